The van der Waals surface area contributed by atoms with Crippen molar-refractivity contribution in [2.45, 2.75) is 63.9 Å². The molecule has 202 valence electrons. The normalized spacial score (nSPS) is 18.7. The molecule has 2 aromatic rings. The zero-order chi connectivity index (χ0) is 27.7. The molecule has 2 aliphatic rings. The minimum Gasteiger partial charge on any atom is -0.492 e. The predicted molar refractivity (Wildman–Crippen MR) is 141 cm³/mol. The van der Waals surface area contributed by atoms with Crippen molar-refractivity contribution in [2.24, 2.45) is 0 Å². The molecule has 2 atom stereocenters. The van der Waals surface area contributed by atoms with Crippen LogP contribution in [0.2, 0.25) is 0 Å². The number of nitrogens with one attached hydrogen (secondary N) is 1. The predicted octanol–water partition coefficient (Wildman–Crippen LogP) is 4.41. The van der Waals surface area contributed by atoms with Gasteiger partial charge in [0.25, 0.3) is 5.24 Å². The second-order valence-corrected chi connectivity index (χ2v) is 11.6. The number of rotatable bonds is 8. The van der Waals surface area contributed by atoms with Crippen LogP contribution in [0.5, 0.6) is 17.2 Å². The number of hydrogen-bond donors (Lipinski definition) is 1. The summed E-state index contributed by atoms with van der Waals surface area (Å²) in [5.41, 5.74) is -0.306. The molecule has 0 aromatic heterocycles. The lowest BCUT2D eigenvalue weighted by molar-refractivity contribution is -0.175. The van der Waals surface area contributed by atoms with Crippen LogP contribution in [-0.4, -0.2) is 52.6 Å². The van der Waals surface area contributed by atoms with Gasteiger partial charge in [-0.05, 0) is 70.9 Å². The van der Waals surface area contributed by atoms with Gasteiger partial charge in [0.05, 0.1) is 17.4 Å². The number of imide groups is 1. The van der Waals surface area contributed by atoms with Gasteiger partial charge in [-0.25, -0.2) is 4.79 Å². The first-order chi connectivity index (χ1) is 17.8. The molecule has 9 nitrogen and oxygen atoms in total. The number of carbonyl (C=O) groups excluding carboxylic acids is 4. The van der Waals surface area contributed by atoms with Crippen molar-refractivity contribution in [3.63, 3.8) is 0 Å². The summed E-state index contributed by atoms with van der Waals surface area (Å²) < 4.78 is 23.6. The van der Waals surface area contributed by atoms with Gasteiger partial charge in [-0.1, -0.05) is 23.9 Å². The van der Waals surface area contributed by atoms with E-state index in [1.807, 2.05) is 0 Å². The van der Waals surface area contributed by atoms with E-state index in [9.17, 15) is 19.2 Å². The molecular formula is C28H31NO8S. The molecule has 0 bridgehead atoms. The molecule has 0 aliphatic carbocycles. The molecule has 38 heavy (non-hydrogen) atoms. The maximum Gasteiger partial charge on any atom is 0.354 e. The Morgan fingerprint density at radius 3 is 2.42 bits per heavy atom. The second kappa shape index (κ2) is 10.7. The van der Waals surface area contributed by atoms with Crippen molar-refractivity contribution in [3.05, 3.63) is 53.1 Å². The Hall–Kier alpha value is -3.53. The summed E-state index contributed by atoms with van der Waals surface area (Å²) in [6.07, 6.45) is 0.725. The monoisotopic (exact) mass is 541 g/mol. The lowest BCUT2D eigenvalue weighted by Gasteiger charge is -2.33. The maximum absolute atomic E-state index is 13.3. The molecule has 2 heterocycles. The minimum absolute atomic E-state index is 0.00124. The van der Waals surface area contributed by atoms with Gasteiger partial charge in [-0.15, -0.1) is 0 Å². The number of amides is 2. The topological polar surface area (TPSA) is 117 Å². The quantitative estimate of drug-likeness (QED) is 0.485. The Morgan fingerprint density at radius 1 is 1.08 bits per heavy atom. The second-order valence-electron chi connectivity index (χ2n) is 10.4. The average molecular weight is 542 g/mol. The number of ether oxygens (including phenoxy) is 4. The van der Waals surface area contributed by atoms with Crippen LogP contribution in [0.3, 0.4) is 0 Å². The number of esters is 1. The van der Waals surface area contributed by atoms with E-state index in [1.165, 1.54) is 0 Å². The Balaban J connectivity index is 1.51. The smallest absolute Gasteiger partial charge is 0.354 e. The van der Waals surface area contributed by atoms with Crippen LogP contribution in [0.4, 0.5) is 4.79 Å². The number of carbonyl (C=O) groups is 4. The van der Waals surface area contributed by atoms with Gasteiger partial charge in [0, 0.05) is 12.0 Å². The summed E-state index contributed by atoms with van der Waals surface area (Å²) in [5.74, 6) is 0.428. The van der Waals surface area contributed by atoms with Crippen molar-refractivity contribution < 1.29 is 38.1 Å². The standard InChI is InChI=1S/C28H31NO8S/c1-16-21(11-10-19-20(30)12-13-34-23(16)19)36-28(5,25(32)37-27(2,3)4)15-35-18-8-6-17(7-9-18)14-22-24(31)29-26(33)38-22/h6-11,22H,12-15H2,1-5H3,(H,29,31,33). The number of thioether (sulfide) groups is 1. The van der Waals surface area contributed by atoms with Gasteiger partial charge in [0.15, 0.2) is 5.78 Å². The zero-order valence-electron chi connectivity index (χ0n) is 22.0. The third kappa shape index (κ3) is 6.30. The Morgan fingerprint density at radius 2 is 1.79 bits per heavy atom. The van der Waals surface area contributed by atoms with E-state index in [0.717, 1.165) is 17.3 Å². The highest BCUT2D eigenvalue weighted by atomic mass is 32.2. The van der Waals surface area contributed by atoms with Gasteiger partial charge < -0.3 is 18.9 Å². The number of fused-ring (bicyclic) bond motifs is 1. The summed E-state index contributed by atoms with van der Waals surface area (Å²) in [5, 5.41) is 1.48. The van der Waals surface area contributed by atoms with Crippen molar-refractivity contribution >= 4 is 34.7 Å². The summed E-state index contributed by atoms with van der Waals surface area (Å²) in [6.45, 7) is 8.80. The number of ketones is 1. The molecule has 2 aliphatic heterocycles. The number of benzene rings is 2. The van der Waals surface area contributed by atoms with Crippen LogP contribution >= 0.6 is 11.8 Å². The van der Waals surface area contributed by atoms with Gasteiger partial charge in [0.1, 0.15) is 29.5 Å². The van der Waals surface area contributed by atoms with E-state index in [1.54, 1.807) is 71.0 Å². The van der Waals surface area contributed by atoms with Crippen molar-refractivity contribution in [1.82, 2.24) is 5.32 Å². The van der Waals surface area contributed by atoms with E-state index in [2.05, 4.69) is 5.32 Å². The van der Waals surface area contributed by atoms with Crippen molar-refractivity contribution in [1.29, 1.82) is 0 Å². The first kappa shape index (κ1) is 27.5. The highest BCUT2D eigenvalue weighted by Gasteiger charge is 2.42. The fourth-order valence-corrected chi connectivity index (χ4v) is 4.87. The van der Waals surface area contributed by atoms with Gasteiger partial charge in [-0.3, -0.25) is 19.7 Å². The third-order valence-electron chi connectivity index (χ3n) is 6.02. The zero-order valence-corrected chi connectivity index (χ0v) is 22.9. The van der Waals surface area contributed by atoms with Gasteiger partial charge in [0.2, 0.25) is 11.5 Å². The van der Waals surface area contributed by atoms with E-state index in [-0.39, 0.29) is 23.5 Å². The highest BCUT2D eigenvalue weighted by Crippen LogP contribution is 2.37. The third-order valence-corrected chi connectivity index (χ3v) is 7.01. The van der Waals surface area contributed by atoms with E-state index >= 15 is 0 Å². The summed E-state index contributed by atoms with van der Waals surface area (Å²) in [4.78, 5) is 48.8. The molecule has 10 heteroatoms. The average Bonchev–Trinajstić information content (AvgIpc) is 3.16. The fraction of sp³-hybridized carbons (Fsp3) is 0.429. The summed E-state index contributed by atoms with van der Waals surface area (Å²) >= 11 is 0.978. The van der Waals surface area contributed by atoms with Crippen LogP contribution in [0.25, 0.3) is 0 Å². The fourth-order valence-electron chi connectivity index (χ4n) is 4.01. The lowest BCUT2D eigenvalue weighted by Crippen LogP contribution is -2.50. The molecule has 0 radical (unpaired) electrons. The van der Waals surface area contributed by atoms with Crippen LogP contribution < -0.4 is 19.5 Å². The first-order valence-electron chi connectivity index (χ1n) is 12.3. The first-order valence-corrected chi connectivity index (χ1v) is 13.2. The Labute approximate surface area is 225 Å². The molecule has 1 N–H and O–H groups in total. The molecule has 1 saturated heterocycles. The molecular weight excluding hydrogens is 510 g/mol. The van der Waals surface area contributed by atoms with Gasteiger partial charge >= 0.3 is 5.97 Å². The lowest BCUT2D eigenvalue weighted by atomic mass is 10.0. The van der Waals surface area contributed by atoms with E-state index in [0.29, 0.717) is 47.8 Å². The van der Waals surface area contributed by atoms with Crippen molar-refractivity contribution in [2.75, 3.05) is 13.2 Å². The Bertz CT molecular complexity index is 1270. The molecule has 0 spiro atoms. The molecule has 0 saturated carbocycles. The van der Waals surface area contributed by atoms with Crippen LogP contribution in [-0.2, 0) is 20.7 Å². The number of hydrogen-bond acceptors (Lipinski definition) is 9. The molecule has 2 amide bonds. The van der Waals surface area contributed by atoms with Crippen LogP contribution in [0.1, 0.15) is 55.6 Å². The highest BCUT2D eigenvalue weighted by molar-refractivity contribution is 8.15. The van der Waals surface area contributed by atoms with E-state index in [4.69, 9.17) is 18.9 Å². The van der Waals surface area contributed by atoms with Crippen LogP contribution in [0, 0.1) is 6.92 Å². The molecule has 4 rings (SSSR count). The maximum atomic E-state index is 13.3. The number of Topliss-reactive ketones (excluding diaryl/α,β-unsaturated/α-hetero) is 1. The SMILES string of the molecule is Cc1c(OC(C)(COc2ccc(CC3SC(=O)NC3=O)cc2)C(=O)OC(C)(C)C)ccc2c1OCCC2=O. The largest absolute Gasteiger partial charge is 0.492 e. The van der Waals surface area contributed by atoms with E-state index < -0.39 is 22.4 Å². The molecule has 1 fully saturated rings. The van der Waals surface area contributed by atoms with Crippen molar-refractivity contribution in [3.8, 4) is 17.2 Å². The minimum atomic E-state index is -1.53. The molecule has 2 aromatic carbocycles. The Kier molecular flexibility index (Phi) is 7.73. The van der Waals surface area contributed by atoms with Gasteiger partial charge in [-0.2, -0.15) is 0 Å². The summed E-state index contributed by atoms with van der Waals surface area (Å²) in [6, 6.07) is 10.4. The summed E-state index contributed by atoms with van der Waals surface area (Å²) in [7, 11) is 0. The molecule has 2 unspecified atom stereocenters. The van der Waals surface area contributed by atoms with Crippen LogP contribution in [0.15, 0.2) is 36.4 Å².